The molecule has 0 saturated carbocycles. The van der Waals surface area contributed by atoms with Crippen LogP contribution in [0.3, 0.4) is 0 Å². The van der Waals surface area contributed by atoms with Crippen LogP contribution in [0.1, 0.15) is 30.8 Å². The number of esters is 1. The standard InChI is InChI=1S/C23H24N2O4/c1-17(18-9-5-3-6-10-18)25(2)22(26)16-28-23(27)14-13-21-24-15-20(29-21)19-11-7-4-8-12-19/h3-12,15,17H,13-14,16H2,1-2H3. The molecule has 0 N–H and O–H groups in total. The summed E-state index contributed by atoms with van der Waals surface area (Å²) in [7, 11) is 1.70. The number of nitrogens with zero attached hydrogens (tertiary/aromatic N) is 2. The van der Waals surface area contributed by atoms with Crippen molar-refractivity contribution in [2.45, 2.75) is 25.8 Å². The van der Waals surface area contributed by atoms with Crippen LogP contribution < -0.4 is 0 Å². The van der Waals surface area contributed by atoms with Gasteiger partial charge in [0.2, 0.25) is 0 Å². The van der Waals surface area contributed by atoms with Crippen LogP contribution in [0.5, 0.6) is 0 Å². The molecule has 3 aromatic rings. The molecule has 0 bridgehead atoms. The van der Waals surface area contributed by atoms with E-state index in [0.717, 1.165) is 11.1 Å². The van der Waals surface area contributed by atoms with E-state index >= 15 is 0 Å². The first-order valence-corrected chi connectivity index (χ1v) is 9.51. The third-order valence-electron chi connectivity index (χ3n) is 4.77. The van der Waals surface area contributed by atoms with Crippen molar-refractivity contribution in [2.75, 3.05) is 13.7 Å². The molecule has 6 heteroatoms. The highest BCUT2D eigenvalue weighted by Crippen LogP contribution is 2.20. The number of carbonyl (C=O) groups is 2. The van der Waals surface area contributed by atoms with Crippen molar-refractivity contribution >= 4 is 11.9 Å². The number of hydrogen-bond acceptors (Lipinski definition) is 5. The second-order valence-electron chi connectivity index (χ2n) is 6.74. The number of oxazole rings is 1. The number of ether oxygens (including phenoxy) is 1. The number of carbonyl (C=O) groups excluding carboxylic acids is 2. The molecule has 0 aliphatic heterocycles. The molecule has 1 unspecified atom stereocenters. The molecule has 0 saturated heterocycles. The molecule has 2 aromatic carbocycles. The number of rotatable bonds is 8. The Morgan fingerprint density at radius 1 is 1.07 bits per heavy atom. The van der Waals surface area contributed by atoms with Crippen molar-refractivity contribution in [1.82, 2.24) is 9.88 Å². The molecule has 1 amide bonds. The Balaban J connectivity index is 1.44. The van der Waals surface area contributed by atoms with Crippen LogP contribution in [0.25, 0.3) is 11.3 Å². The van der Waals surface area contributed by atoms with E-state index in [4.69, 9.17) is 9.15 Å². The predicted molar refractivity (Wildman–Crippen MR) is 109 cm³/mol. The minimum Gasteiger partial charge on any atom is -0.456 e. The number of likely N-dealkylation sites (N-methyl/N-ethyl adjacent to an activating group) is 1. The molecule has 0 radical (unpaired) electrons. The van der Waals surface area contributed by atoms with Crippen molar-refractivity contribution in [3.63, 3.8) is 0 Å². The predicted octanol–water partition coefficient (Wildman–Crippen LogP) is 4.04. The molecular formula is C23H24N2O4. The van der Waals surface area contributed by atoms with Crippen LogP contribution in [-0.4, -0.2) is 35.4 Å². The average molecular weight is 392 g/mol. The van der Waals surface area contributed by atoms with Gasteiger partial charge in [-0.2, -0.15) is 0 Å². The maximum atomic E-state index is 12.3. The first-order valence-electron chi connectivity index (χ1n) is 9.51. The Morgan fingerprint density at radius 2 is 1.72 bits per heavy atom. The topological polar surface area (TPSA) is 72.6 Å². The fraction of sp³-hybridized carbons (Fsp3) is 0.261. The van der Waals surface area contributed by atoms with Gasteiger partial charge in [0, 0.05) is 19.0 Å². The molecule has 0 spiro atoms. The average Bonchev–Trinajstić information content (AvgIpc) is 3.25. The number of hydrogen-bond donors (Lipinski definition) is 0. The number of amides is 1. The molecule has 1 aromatic heterocycles. The molecule has 0 aliphatic rings. The highest BCUT2D eigenvalue weighted by molar-refractivity contribution is 5.80. The Bertz CT molecular complexity index is 938. The van der Waals surface area contributed by atoms with Crippen LogP contribution in [0, 0.1) is 0 Å². The van der Waals surface area contributed by atoms with E-state index in [1.807, 2.05) is 67.6 Å². The Labute approximate surface area is 170 Å². The van der Waals surface area contributed by atoms with Crippen LogP contribution in [-0.2, 0) is 20.7 Å². The lowest BCUT2D eigenvalue weighted by Crippen LogP contribution is -2.33. The third-order valence-corrected chi connectivity index (χ3v) is 4.77. The number of benzene rings is 2. The van der Waals surface area contributed by atoms with Gasteiger partial charge in [-0.25, -0.2) is 4.98 Å². The zero-order chi connectivity index (χ0) is 20.6. The molecule has 0 aliphatic carbocycles. The maximum Gasteiger partial charge on any atom is 0.306 e. The van der Waals surface area contributed by atoms with Gasteiger partial charge in [0.1, 0.15) is 0 Å². The molecule has 3 rings (SSSR count). The molecule has 6 nitrogen and oxygen atoms in total. The normalized spacial score (nSPS) is 11.7. The lowest BCUT2D eigenvalue weighted by atomic mass is 10.1. The van der Waals surface area contributed by atoms with Gasteiger partial charge in [0.25, 0.3) is 5.91 Å². The Morgan fingerprint density at radius 3 is 2.41 bits per heavy atom. The van der Waals surface area contributed by atoms with Gasteiger partial charge in [0.15, 0.2) is 18.3 Å². The zero-order valence-electron chi connectivity index (χ0n) is 16.6. The van der Waals surface area contributed by atoms with Crippen molar-refractivity contribution < 1.29 is 18.7 Å². The summed E-state index contributed by atoms with van der Waals surface area (Å²) in [5.41, 5.74) is 1.95. The summed E-state index contributed by atoms with van der Waals surface area (Å²) in [6, 6.07) is 19.2. The summed E-state index contributed by atoms with van der Waals surface area (Å²) in [4.78, 5) is 30.1. The van der Waals surface area contributed by atoms with E-state index in [2.05, 4.69) is 4.98 Å². The van der Waals surface area contributed by atoms with Crippen molar-refractivity contribution in [3.05, 3.63) is 78.3 Å². The van der Waals surface area contributed by atoms with Crippen LogP contribution in [0.2, 0.25) is 0 Å². The molecule has 29 heavy (non-hydrogen) atoms. The van der Waals surface area contributed by atoms with Crippen molar-refractivity contribution in [1.29, 1.82) is 0 Å². The van der Waals surface area contributed by atoms with Crippen LogP contribution in [0.15, 0.2) is 71.3 Å². The summed E-state index contributed by atoms with van der Waals surface area (Å²) >= 11 is 0. The minimum absolute atomic E-state index is 0.0972. The van der Waals surface area contributed by atoms with Gasteiger partial charge in [-0.05, 0) is 12.5 Å². The second-order valence-corrected chi connectivity index (χ2v) is 6.74. The summed E-state index contributed by atoms with van der Waals surface area (Å²) in [6.07, 6.45) is 2.05. The van der Waals surface area contributed by atoms with Crippen LogP contribution >= 0.6 is 0 Å². The van der Waals surface area contributed by atoms with E-state index in [-0.39, 0.29) is 25.0 Å². The summed E-state index contributed by atoms with van der Waals surface area (Å²) < 4.78 is 10.8. The molecular weight excluding hydrogens is 368 g/mol. The largest absolute Gasteiger partial charge is 0.456 e. The minimum atomic E-state index is -0.460. The second kappa shape index (κ2) is 9.68. The van der Waals surface area contributed by atoms with Gasteiger partial charge in [-0.3, -0.25) is 9.59 Å². The van der Waals surface area contributed by atoms with Gasteiger partial charge in [-0.1, -0.05) is 60.7 Å². The van der Waals surface area contributed by atoms with Gasteiger partial charge in [-0.15, -0.1) is 0 Å². The number of aromatic nitrogens is 1. The third kappa shape index (κ3) is 5.54. The van der Waals surface area contributed by atoms with E-state index in [0.29, 0.717) is 18.1 Å². The van der Waals surface area contributed by atoms with Crippen molar-refractivity contribution in [3.8, 4) is 11.3 Å². The van der Waals surface area contributed by atoms with E-state index < -0.39 is 5.97 Å². The van der Waals surface area contributed by atoms with Crippen LogP contribution in [0.4, 0.5) is 0 Å². The summed E-state index contributed by atoms with van der Waals surface area (Å²) in [5, 5.41) is 0. The Hall–Kier alpha value is -3.41. The smallest absolute Gasteiger partial charge is 0.306 e. The fourth-order valence-corrected chi connectivity index (χ4v) is 2.86. The van der Waals surface area contributed by atoms with E-state index in [1.54, 1.807) is 18.1 Å². The fourth-order valence-electron chi connectivity index (χ4n) is 2.86. The summed E-state index contributed by atoms with van der Waals surface area (Å²) in [6.45, 7) is 1.65. The molecule has 150 valence electrons. The van der Waals surface area contributed by atoms with Gasteiger partial charge in [0.05, 0.1) is 18.7 Å². The lowest BCUT2D eigenvalue weighted by Gasteiger charge is -2.25. The first-order chi connectivity index (χ1) is 14.0. The van der Waals surface area contributed by atoms with Gasteiger partial charge >= 0.3 is 5.97 Å². The highest BCUT2D eigenvalue weighted by atomic mass is 16.5. The number of aryl methyl sites for hydroxylation is 1. The lowest BCUT2D eigenvalue weighted by molar-refractivity contribution is -0.152. The maximum absolute atomic E-state index is 12.3. The first kappa shape index (κ1) is 20.3. The highest BCUT2D eigenvalue weighted by Gasteiger charge is 2.19. The van der Waals surface area contributed by atoms with E-state index in [1.165, 1.54) is 0 Å². The quantitative estimate of drug-likeness (QED) is 0.541. The van der Waals surface area contributed by atoms with E-state index in [9.17, 15) is 9.59 Å². The SMILES string of the molecule is CC(c1ccccc1)N(C)C(=O)COC(=O)CCc1ncc(-c2ccccc2)o1. The monoisotopic (exact) mass is 392 g/mol. The molecule has 1 atom stereocenters. The summed E-state index contributed by atoms with van der Waals surface area (Å²) in [5.74, 6) is 0.401. The van der Waals surface area contributed by atoms with Crippen molar-refractivity contribution in [2.24, 2.45) is 0 Å². The molecule has 0 fully saturated rings. The Kier molecular flexibility index (Phi) is 6.79. The molecule has 1 heterocycles. The zero-order valence-corrected chi connectivity index (χ0v) is 16.6. The van der Waals surface area contributed by atoms with Gasteiger partial charge < -0.3 is 14.1 Å².